The number of rotatable bonds is 5. The Morgan fingerprint density at radius 3 is 2.37 bits per heavy atom. The van der Waals surface area contributed by atoms with Crippen LogP contribution in [0.3, 0.4) is 0 Å². The third-order valence-electron chi connectivity index (χ3n) is 5.84. The first-order chi connectivity index (χ1) is 14.3. The second-order valence-electron chi connectivity index (χ2n) is 7.64. The molecular weight excluding hydrogens is 386 g/mol. The number of carbonyl (C=O) groups is 3. The zero-order valence-corrected chi connectivity index (χ0v) is 17.9. The lowest BCUT2D eigenvalue weighted by Crippen LogP contribution is -2.48. The molecule has 2 aliphatic rings. The van der Waals surface area contributed by atoms with Gasteiger partial charge in [-0.25, -0.2) is 4.79 Å². The highest BCUT2D eigenvalue weighted by Gasteiger charge is 2.51. The van der Waals surface area contributed by atoms with E-state index in [1.165, 1.54) is 7.11 Å². The largest absolute Gasteiger partial charge is 0.497 e. The molecule has 1 aromatic rings. The van der Waals surface area contributed by atoms with Crippen LogP contribution in [0.1, 0.15) is 38.7 Å². The zero-order chi connectivity index (χ0) is 22.0. The van der Waals surface area contributed by atoms with Gasteiger partial charge in [0.1, 0.15) is 11.7 Å². The molecule has 0 spiro atoms. The predicted molar refractivity (Wildman–Crippen MR) is 110 cm³/mol. The summed E-state index contributed by atoms with van der Waals surface area (Å²) < 4.78 is 15.4. The number of esters is 2. The van der Waals surface area contributed by atoms with Gasteiger partial charge in [-0.1, -0.05) is 19.1 Å². The van der Waals surface area contributed by atoms with Crippen LogP contribution in [0.5, 0.6) is 5.75 Å². The summed E-state index contributed by atoms with van der Waals surface area (Å²) in [6, 6.07) is 7.23. The second-order valence-corrected chi connectivity index (χ2v) is 7.64. The molecule has 0 saturated heterocycles. The Kier molecular flexibility index (Phi) is 6.39. The molecule has 1 heterocycles. The highest BCUT2D eigenvalue weighted by atomic mass is 16.5. The number of nitrogens with zero attached hydrogens (tertiary/aromatic N) is 1. The van der Waals surface area contributed by atoms with E-state index in [0.717, 1.165) is 5.56 Å². The molecule has 7 nitrogen and oxygen atoms in total. The SMILES string of the molecule is CCOC(=O)C1=C(C)N=C2C[C@@H](C)[C@H](C(=O)OC)C(=O)[C@@H]2[C@H]1c1ccc(OC)cc1. The number of carbonyl (C=O) groups excluding carboxylic acids is 3. The Balaban J connectivity index is 2.16. The quantitative estimate of drug-likeness (QED) is 0.544. The number of Topliss-reactive ketones (excluding diaryl/α,β-unsaturated/α-hetero) is 1. The van der Waals surface area contributed by atoms with Gasteiger partial charge in [-0.15, -0.1) is 0 Å². The van der Waals surface area contributed by atoms with Crippen LogP contribution in [-0.4, -0.2) is 44.3 Å². The lowest BCUT2D eigenvalue weighted by atomic mass is 9.64. The van der Waals surface area contributed by atoms with Crippen molar-refractivity contribution in [2.24, 2.45) is 22.7 Å². The van der Waals surface area contributed by atoms with Crippen molar-refractivity contribution in [2.75, 3.05) is 20.8 Å². The van der Waals surface area contributed by atoms with Crippen LogP contribution >= 0.6 is 0 Å². The lowest BCUT2D eigenvalue weighted by molar-refractivity contribution is -0.152. The Morgan fingerprint density at radius 2 is 1.80 bits per heavy atom. The zero-order valence-electron chi connectivity index (χ0n) is 17.9. The Morgan fingerprint density at radius 1 is 1.13 bits per heavy atom. The lowest BCUT2D eigenvalue weighted by Gasteiger charge is -2.40. The molecule has 0 bridgehead atoms. The third kappa shape index (κ3) is 3.76. The molecule has 3 rings (SSSR count). The van der Waals surface area contributed by atoms with E-state index < -0.39 is 29.7 Å². The number of benzene rings is 1. The summed E-state index contributed by atoms with van der Waals surface area (Å²) in [5.74, 6) is -3.08. The maximum absolute atomic E-state index is 13.5. The van der Waals surface area contributed by atoms with E-state index in [1.807, 2.05) is 19.1 Å². The molecule has 1 saturated carbocycles. The highest BCUT2D eigenvalue weighted by molar-refractivity contribution is 6.17. The van der Waals surface area contributed by atoms with Gasteiger partial charge in [0, 0.05) is 17.3 Å². The van der Waals surface area contributed by atoms with Crippen LogP contribution < -0.4 is 4.74 Å². The van der Waals surface area contributed by atoms with Crippen LogP contribution in [0, 0.1) is 17.8 Å². The number of ether oxygens (including phenoxy) is 3. The van der Waals surface area contributed by atoms with E-state index in [1.54, 1.807) is 33.1 Å². The molecule has 0 amide bonds. The Hall–Kier alpha value is -2.96. The normalized spacial score (nSPS) is 25.9. The molecule has 0 unspecified atom stereocenters. The predicted octanol–water partition coefficient (Wildman–Crippen LogP) is 3.08. The number of methoxy groups -OCH3 is 2. The number of aliphatic imine (C=N–C) groups is 1. The van der Waals surface area contributed by atoms with Crippen LogP contribution in [0.25, 0.3) is 0 Å². The first-order valence-electron chi connectivity index (χ1n) is 10.0. The molecule has 0 radical (unpaired) electrons. The first-order valence-corrected chi connectivity index (χ1v) is 10.0. The van der Waals surface area contributed by atoms with E-state index in [0.29, 0.717) is 29.2 Å². The molecule has 0 N–H and O–H groups in total. The standard InChI is InChI=1S/C23H27NO6/c1-6-30-23(27)18-13(3)24-16-11-12(2)17(22(26)29-5)21(25)20(16)19(18)14-7-9-15(28-4)10-8-14/h7-10,12,17,19-20H,6,11H2,1-5H3/t12-,17+,19+,20+/m1/s1. The minimum atomic E-state index is -0.887. The molecule has 30 heavy (non-hydrogen) atoms. The van der Waals surface area contributed by atoms with Gasteiger partial charge in [-0.3, -0.25) is 14.6 Å². The van der Waals surface area contributed by atoms with E-state index in [4.69, 9.17) is 14.2 Å². The fourth-order valence-electron chi connectivity index (χ4n) is 4.48. The molecule has 0 aromatic heterocycles. The third-order valence-corrected chi connectivity index (χ3v) is 5.84. The maximum atomic E-state index is 13.5. The van der Waals surface area contributed by atoms with Crippen molar-refractivity contribution in [2.45, 2.75) is 33.1 Å². The van der Waals surface area contributed by atoms with Crippen molar-refractivity contribution in [3.8, 4) is 5.75 Å². The van der Waals surface area contributed by atoms with Crippen molar-refractivity contribution in [3.05, 3.63) is 41.1 Å². The molecule has 1 aliphatic heterocycles. The average molecular weight is 413 g/mol. The molecule has 160 valence electrons. The summed E-state index contributed by atoms with van der Waals surface area (Å²) in [5.41, 5.74) is 2.35. The minimum Gasteiger partial charge on any atom is -0.497 e. The van der Waals surface area contributed by atoms with Gasteiger partial charge in [0.05, 0.1) is 32.3 Å². The topological polar surface area (TPSA) is 91.3 Å². The van der Waals surface area contributed by atoms with Crippen LogP contribution in [0.2, 0.25) is 0 Å². The molecule has 4 atom stereocenters. The van der Waals surface area contributed by atoms with Crippen LogP contribution in [-0.2, 0) is 23.9 Å². The number of fused-ring (bicyclic) bond motifs is 1. The van der Waals surface area contributed by atoms with Crippen LogP contribution in [0.4, 0.5) is 0 Å². The fourth-order valence-corrected chi connectivity index (χ4v) is 4.48. The Bertz CT molecular complexity index is 914. The summed E-state index contributed by atoms with van der Waals surface area (Å²) in [6.07, 6.45) is 0.482. The van der Waals surface area contributed by atoms with Gasteiger partial charge >= 0.3 is 11.9 Å². The summed E-state index contributed by atoms with van der Waals surface area (Å²) in [7, 11) is 2.85. The van der Waals surface area contributed by atoms with Crippen LogP contribution in [0.15, 0.2) is 40.5 Å². The molecule has 7 heteroatoms. The number of ketones is 1. The average Bonchev–Trinajstić information content (AvgIpc) is 2.72. The van der Waals surface area contributed by atoms with Gasteiger partial charge < -0.3 is 14.2 Å². The monoisotopic (exact) mass is 413 g/mol. The van der Waals surface area contributed by atoms with E-state index in [-0.39, 0.29) is 18.3 Å². The summed E-state index contributed by atoms with van der Waals surface area (Å²) >= 11 is 0. The van der Waals surface area contributed by atoms with Gasteiger partial charge in [-0.2, -0.15) is 0 Å². The van der Waals surface area contributed by atoms with Gasteiger partial charge in [0.15, 0.2) is 5.78 Å². The summed E-state index contributed by atoms with van der Waals surface area (Å²) in [4.78, 5) is 43.4. The van der Waals surface area contributed by atoms with Crippen molar-refractivity contribution in [1.29, 1.82) is 0 Å². The van der Waals surface area contributed by atoms with E-state index in [9.17, 15) is 14.4 Å². The van der Waals surface area contributed by atoms with Crippen molar-refractivity contribution >= 4 is 23.4 Å². The smallest absolute Gasteiger partial charge is 0.336 e. The van der Waals surface area contributed by atoms with Gasteiger partial charge in [0.25, 0.3) is 0 Å². The fraction of sp³-hybridized carbons (Fsp3) is 0.478. The van der Waals surface area contributed by atoms with Crippen molar-refractivity contribution in [1.82, 2.24) is 0 Å². The number of hydrogen-bond acceptors (Lipinski definition) is 7. The van der Waals surface area contributed by atoms with Gasteiger partial charge in [0.2, 0.25) is 0 Å². The van der Waals surface area contributed by atoms with E-state index >= 15 is 0 Å². The number of allylic oxidation sites excluding steroid dienone is 1. The van der Waals surface area contributed by atoms with Gasteiger partial charge in [-0.05, 0) is 43.9 Å². The van der Waals surface area contributed by atoms with E-state index in [2.05, 4.69) is 4.99 Å². The van der Waals surface area contributed by atoms with Crippen molar-refractivity contribution in [3.63, 3.8) is 0 Å². The summed E-state index contributed by atoms with van der Waals surface area (Å²) in [5, 5.41) is 0. The molecule has 1 fully saturated rings. The highest BCUT2D eigenvalue weighted by Crippen LogP contribution is 2.46. The first kappa shape index (κ1) is 21.7. The molecular formula is C23H27NO6. The minimum absolute atomic E-state index is 0.210. The van der Waals surface area contributed by atoms with Crippen molar-refractivity contribution < 1.29 is 28.6 Å². The number of hydrogen-bond donors (Lipinski definition) is 0. The Labute approximate surface area is 176 Å². The second kappa shape index (κ2) is 8.81. The maximum Gasteiger partial charge on any atom is 0.336 e. The molecule has 1 aromatic carbocycles. The molecule has 1 aliphatic carbocycles. The summed E-state index contributed by atoms with van der Waals surface area (Å²) in [6.45, 7) is 5.55.